The first-order chi connectivity index (χ1) is 9.15. The highest BCUT2D eigenvalue weighted by Gasteiger charge is 2.16. The van der Waals surface area contributed by atoms with Gasteiger partial charge in [0.25, 0.3) is 0 Å². The number of carbonyl (C=O) groups is 1. The molecule has 0 aliphatic rings. The predicted molar refractivity (Wildman–Crippen MR) is 79.3 cm³/mol. The van der Waals surface area contributed by atoms with Crippen molar-refractivity contribution in [3.8, 4) is 0 Å². The maximum atomic E-state index is 11.0. The first kappa shape index (κ1) is 13.8. The molecular weight excluding hydrogens is 304 g/mol. The fourth-order valence-electron chi connectivity index (χ4n) is 2.19. The first-order valence-electron chi connectivity index (χ1n) is 6.16. The van der Waals surface area contributed by atoms with Gasteiger partial charge < -0.3 is 5.11 Å². The van der Waals surface area contributed by atoms with E-state index in [1.807, 2.05) is 54.6 Å². The van der Waals surface area contributed by atoms with E-state index in [1.165, 1.54) is 0 Å². The molecule has 1 atom stereocenters. The van der Waals surface area contributed by atoms with Crippen LogP contribution >= 0.6 is 15.9 Å². The van der Waals surface area contributed by atoms with Crippen LogP contribution in [0.15, 0.2) is 59.1 Å². The quantitative estimate of drug-likeness (QED) is 0.894. The Labute approximate surface area is 121 Å². The summed E-state index contributed by atoms with van der Waals surface area (Å²) in [5, 5.41) is 9.07. The van der Waals surface area contributed by atoms with Gasteiger partial charge in [-0.15, -0.1) is 0 Å². The molecule has 0 fully saturated rings. The average molecular weight is 319 g/mol. The third kappa shape index (κ3) is 4.21. The molecular formula is C16H15BrO2. The molecule has 1 unspecified atom stereocenters. The molecule has 0 aliphatic heterocycles. The van der Waals surface area contributed by atoms with Gasteiger partial charge in [-0.3, -0.25) is 4.79 Å². The van der Waals surface area contributed by atoms with Crippen LogP contribution in [0.5, 0.6) is 0 Å². The highest BCUT2D eigenvalue weighted by atomic mass is 79.9. The van der Waals surface area contributed by atoms with Gasteiger partial charge in [-0.1, -0.05) is 58.4 Å². The molecule has 0 saturated heterocycles. The van der Waals surface area contributed by atoms with Crippen molar-refractivity contribution in [2.24, 2.45) is 0 Å². The fourth-order valence-corrected chi connectivity index (χ4v) is 2.64. The Morgan fingerprint density at radius 1 is 1.11 bits per heavy atom. The highest BCUT2D eigenvalue weighted by Crippen LogP contribution is 2.25. The molecule has 3 heteroatoms. The average Bonchev–Trinajstić information content (AvgIpc) is 2.38. The maximum absolute atomic E-state index is 11.0. The van der Waals surface area contributed by atoms with E-state index in [1.54, 1.807) is 0 Å². The highest BCUT2D eigenvalue weighted by molar-refractivity contribution is 9.10. The van der Waals surface area contributed by atoms with Crippen LogP contribution in [0.25, 0.3) is 0 Å². The number of hydrogen-bond donors (Lipinski definition) is 1. The van der Waals surface area contributed by atoms with Crippen molar-refractivity contribution < 1.29 is 9.90 Å². The largest absolute Gasteiger partial charge is 0.481 e. The minimum absolute atomic E-state index is 0.00741. The lowest BCUT2D eigenvalue weighted by atomic mass is 9.89. The van der Waals surface area contributed by atoms with E-state index < -0.39 is 5.97 Å². The number of rotatable bonds is 5. The Morgan fingerprint density at radius 2 is 1.84 bits per heavy atom. The van der Waals surface area contributed by atoms with Crippen molar-refractivity contribution in [1.82, 2.24) is 0 Å². The van der Waals surface area contributed by atoms with Gasteiger partial charge in [0.15, 0.2) is 0 Å². The Morgan fingerprint density at radius 3 is 2.47 bits per heavy atom. The topological polar surface area (TPSA) is 37.3 Å². The zero-order valence-corrected chi connectivity index (χ0v) is 12.0. The van der Waals surface area contributed by atoms with Crippen LogP contribution in [0.1, 0.15) is 23.5 Å². The van der Waals surface area contributed by atoms with E-state index in [-0.39, 0.29) is 12.3 Å². The summed E-state index contributed by atoms with van der Waals surface area (Å²) in [6, 6.07) is 17.8. The Balaban J connectivity index is 2.21. The van der Waals surface area contributed by atoms with Crippen LogP contribution < -0.4 is 0 Å². The number of benzene rings is 2. The molecule has 98 valence electrons. The summed E-state index contributed by atoms with van der Waals surface area (Å²) in [5.41, 5.74) is 2.22. The molecule has 0 amide bonds. The number of hydrogen-bond acceptors (Lipinski definition) is 1. The number of aliphatic carboxylic acids is 1. The summed E-state index contributed by atoms with van der Waals surface area (Å²) < 4.78 is 1.02. The second-order valence-electron chi connectivity index (χ2n) is 4.54. The third-order valence-electron chi connectivity index (χ3n) is 3.06. The lowest BCUT2D eigenvalue weighted by Gasteiger charge is -2.15. The van der Waals surface area contributed by atoms with Crippen molar-refractivity contribution in [3.05, 3.63) is 70.2 Å². The third-order valence-corrected chi connectivity index (χ3v) is 3.56. The fraction of sp³-hybridized carbons (Fsp3) is 0.188. The van der Waals surface area contributed by atoms with Crippen LogP contribution in [0.2, 0.25) is 0 Å². The molecule has 0 heterocycles. The number of carboxylic acids is 1. The summed E-state index contributed by atoms with van der Waals surface area (Å²) in [5.74, 6) is -0.753. The summed E-state index contributed by atoms with van der Waals surface area (Å²) >= 11 is 3.44. The van der Waals surface area contributed by atoms with Gasteiger partial charge in [0.05, 0.1) is 6.42 Å². The van der Waals surface area contributed by atoms with Crippen LogP contribution in [0.4, 0.5) is 0 Å². The zero-order valence-electron chi connectivity index (χ0n) is 10.4. The van der Waals surface area contributed by atoms with Gasteiger partial charge in [-0.2, -0.15) is 0 Å². The normalized spacial score (nSPS) is 12.1. The summed E-state index contributed by atoms with van der Waals surface area (Å²) in [4.78, 5) is 11.0. The van der Waals surface area contributed by atoms with E-state index >= 15 is 0 Å². The Kier molecular flexibility index (Phi) is 4.74. The van der Waals surface area contributed by atoms with Gasteiger partial charge in [-0.05, 0) is 35.6 Å². The van der Waals surface area contributed by atoms with Crippen LogP contribution in [-0.4, -0.2) is 11.1 Å². The van der Waals surface area contributed by atoms with Crippen LogP contribution in [0.3, 0.4) is 0 Å². The molecule has 2 aromatic carbocycles. The van der Waals surface area contributed by atoms with Crippen molar-refractivity contribution in [2.45, 2.75) is 18.8 Å². The standard InChI is InChI=1S/C16H15BrO2/c17-15-8-4-5-12(10-15)9-14(11-16(18)19)13-6-2-1-3-7-13/h1-8,10,14H,9,11H2,(H,18,19). The van der Waals surface area contributed by atoms with Gasteiger partial charge in [0, 0.05) is 4.47 Å². The smallest absolute Gasteiger partial charge is 0.303 e. The first-order valence-corrected chi connectivity index (χ1v) is 6.95. The molecule has 2 nitrogen and oxygen atoms in total. The van der Waals surface area contributed by atoms with Gasteiger partial charge in [0.2, 0.25) is 0 Å². The molecule has 2 aromatic rings. The maximum Gasteiger partial charge on any atom is 0.303 e. The van der Waals surface area contributed by atoms with Crippen molar-refractivity contribution >= 4 is 21.9 Å². The lowest BCUT2D eigenvalue weighted by Crippen LogP contribution is -2.09. The van der Waals surface area contributed by atoms with E-state index in [4.69, 9.17) is 5.11 Å². The molecule has 0 aliphatic carbocycles. The van der Waals surface area contributed by atoms with E-state index in [0.29, 0.717) is 0 Å². The number of carboxylic acid groups (broad SMARTS) is 1. The van der Waals surface area contributed by atoms with Gasteiger partial charge >= 0.3 is 5.97 Å². The molecule has 0 spiro atoms. The summed E-state index contributed by atoms with van der Waals surface area (Å²) in [7, 11) is 0. The van der Waals surface area contributed by atoms with Crippen molar-refractivity contribution in [1.29, 1.82) is 0 Å². The minimum Gasteiger partial charge on any atom is -0.481 e. The lowest BCUT2D eigenvalue weighted by molar-refractivity contribution is -0.137. The molecule has 0 aromatic heterocycles. The molecule has 0 radical (unpaired) electrons. The summed E-state index contributed by atoms with van der Waals surface area (Å²) in [6.07, 6.45) is 0.881. The Hall–Kier alpha value is -1.61. The van der Waals surface area contributed by atoms with E-state index in [0.717, 1.165) is 22.0 Å². The molecule has 0 bridgehead atoms. The molecule has 2 rings (SSSR count). The SMILES string of the molecule is O=C(O)CC(Cc1cccc(Br)c1)c1ccccc1. The molecule has 1 N–H and O–H groups in total. The molecule has 0 saturated carbocycles. The molecule has 19 heavy (non-hydrogen) atoms. The summed E-state index contributed by atoms with van der Waals surface area (Å²) in [6.45, 7) is 0. The minimum atomic E-state index is -0.760. The monoisotopic (exact) mass is 318 g/mol. The zero-order chi connectivity index (χ0) is 13.7. The predicted octanol–water partition coefficient (Wildman–Crippen LogP) is 4.25. The van der Waals surface area contributed by atoms with Crippen molar-refractivity contribution in [2.75, 3.05) is 0 Å². The van der Waals surface area contributed by atoms with Crippen LogP contribution in [-0.2, 0) is 11.2 Å². The number of halogens is 1. The second-order valence-corrected chi connectivity index (χ2v) is 5.46. The van der Waals surface area contributed by atoms with E-state index in [9.17, 15) is 4.79 Å². The Bertz CT molecular complexity index is 552. The van der Waals surface area contributed by atoms with Crippen LogP contribution in [0, 0.1) is 0 Å². The second kappa shape index (κ2) is 6.53. The van der Waals surface area contributed by atoms with Gasteiger partial charge in [-0.25, -0.2) is 0 Å². The van der Waals surface area contributed by atoms with Gasteiger partial charge in [0.1, 0.15) is 0 Å². The van der Waals surface area contributed by atoms with Crippen molar-refractivity contribution in [3.63, 3.8) is 0 Å². The van der Waals surface area contributed by atoms with E-state index in [2.05, 4.69) is 15.9 Å².